The van der Waals surface area contributed by atoms with Gasteiger partial charge in [0.05, 0.1) is 5.02 Å². The highest BCUT2D eigenvalue weighted by Crippen LogP contribution is 2.21. The van der Waals surface area contributed by atoms with Gasteiger partial charge < -0.3 is 0 Å². The van der Waals surface area contributed by atoms with Gasteiger partial charge in [-0.15, -0.1) is 0 Å². The second-order valence-corrected chi connectivity index (χ2v) is 3.54. The van der Waals surface area contributed by atoms with Crippen molar-refractivity contribution in [3.63, 3.8) is 0 Å². The standard InChI is InChI=1S/C11H10ClFO/c1-7(2)6-10(14)8-4-3-5-9(13)11(8)12/h3-5H,1,6H2,2H3. The van der Waals surface area contributed by atoms with Crippen LogP contribution >= 0.6 is 11.6 Å². The number of Topliss-reactive ketones (excluding diaryl/α,β-unsaturated/α-hetero) is 1. The van der Waals surface area contributed by atoms with Crippen LogP contribution in [0.25, 0.3) is 0 Å². The molecule has 0 fully saturated rings. The highest BCUT2D eigenvalue weighted by Gasteiger charge is 2.12. The van der Waals surface area contributed by atoms with Gasteiger partial charge in [0, 0.05) is 12.0 Å². The van der Waals surface area contributed by atoms with E-state index in [1.807, 2.05) is 0 Å². The molecular weight excluding hydrogens is 203 g/mol. The van der Waals surface area contributed by atoms with E-state index in [1.54, 1.807) is 6.92 Å². The van der Waals surface area contributed by atoms with Gasteiger partial charge in [0.1, 0.15) is 5.82 Å². The molecule has 74 valence electrons. The molecule has 0 atom stereocenters. The summed E-state index contributed by atoms with van der Waals surface area (Å²) in [7, 11) is 0. The van der Waals surface area contributed by atoms with Crippen LogP contribution in [0.15, 0.2) is 30.4 Å². The summed E-state index contributed by atoms with van der Waals surface area (Å²) in [5.41, 5.74) is 0.949. The molecule has 0 unspecified atom stereocenters. The summed E-state index contributed by atoms with van der Waals surface area (Å²) in [6.45, 7) is 5.36. The Morgan fingerprint density at radius 3 is 2.79 bits per heavy atom. The fraction of sp³-hybridized carbons (Fsp3) is 0.182. The number of carbonyl (C=O) groups excluding carboxylic acids is 1. The molecule has 3 heteroatoms. The Balaban J connectivity index is 3.01. The fourth-order valence-electron chi connectivity index (χ4n) is 1.09. The van der Waals surface area contributed by atoms with E-state index in [1.165, 1.54) is 18.2 Å². The Morgan fingerprint density at radius 2 is 2.21 bits per heavy atom. The summed E-state index contributed by atoms with van der Waals surface area (Å²) >= 11 is 5.65. The van der Waals surface area contributed by atoms with E-state index >= 15 is 0 Å². The first-order chi connectivity index (χ1) is 6.52. The van der Waals surface area contributed by atoms with E-state index in [2.05, 4.69) is 6.58 Å². The maximum absolute atomic E-state index is 13.0. The van der Waals surface area contributed by atoms with Crippen molar-refractivity contribution in [3.05, 3.63) is 46.8 Å². The van der Waals surface area contributed by atoms with E-state index < -0.39 is 5.82 Å². The molecule has 1 aromatic carbocycles. The Kier molecular flexibility index (Phi) is 3.42. The van der Waals surface area contributed by atoms with Crippen LogP contribution in [0.2, 0.25) is 5.02 Å². The van der Waals surface area contributed by atoms with Gasteiger partial charge in [-0.2, -0.15) is 0 Å². The summed E-state index contributed by atoms with van der Waals surface area (Å²) in [4.78, 5) is 11.5. The molecule has 0 radical (unpaired) electrons. The van der Waals surface area contributed by atoms with Crippen molar-refractivity contribution >= 4 is 17.4 Å². The minimum atomic E-state index is -0.570. The molecule has 14 heavy (non-hydrogen) atoms. The Bertz CT molecular complexity index is 385. The molecule has 1 aromatic rings. The zero-order chi connectivity index (χ0) is 10.7. The molecule has 1 rings (SSSR count). The summed E-state index contributed by atoms with van der Waals surface area (Å²) < 4.78 is 13.0. The third-order valence-corrected chi connectivity index (χ3v) is 2.10. The first-order valence-electron chi connectivity index (χ1n) is 4.14. The maximum atomic E-state index is 13.0. The molecule has 0 aliphatic heterocycles. The van der Waals surface area contributed by atoms with Crippen LogP contribution in [0, 0.1) is 5.82 Å². The van der Waals surface area contributed by atoms with Crippen LogP contribution in [0.3, 0.4) is 0 Å². The normalized spacial score (nSPS) is 9.93. The zero-order valence-electron chi connectivity index (χ0n) is 7.81. The third kappa shape index (κ3) is 2.42. The molecule has 0 saturated carbocycles. The highest BCUT2D eigenvalue weighted by atomic mass is 35.5. The summed E-state index contributed by atoms with van der Waals surface area (Å²) in [5, 5.41) is -0.112. The molecule has 0 aliphatic carbocycles. The van der Waals surface area contributed by atoms with Crippen molar-refractivity contribution in [1.29, 1.82) is 0 Å². The van der Waals surface area contributed by atoms with Crippen molar-refractivity contribution in [2.24, 2.45) is 0 Å². The lowest BCUT2D eigenvalue weighted by Gasteiger charge is -2.03. The van der Waals surface area contributed by atoms with Crippen molar-refractivity contribution in [2.45, 2.75) is 13.3 Å². The molecule has 0 aliphatic rings. The van der Waals surface area contributed by atoms with Gasteiger partial charge in [0.2, 0.25) is 0 Å². The van der Waals surface area contributed by atoms with Crippen LogP contribution < -0.4 is 0 Å². The average molecular weight is 213 g/mol. The molecule has 0 spiro atoms. The van der Waals surface area contributed by atoms with E-state index in [9.17, 15) is 9.18 Å². The fourth-order valence-corrected chi connectivity index (χ4v) is 1.32. The van der Waals surface area contributed by atoms with Crippen LogP contribution in [-0.2, 0) is 0 Å². The number of benzene rings is 1. The lowest BCUT2D eigenvalue weighted by Crippen LogP contribution is -2.01. The molecule has 1 nitrogen and oxygen atoms in total. The van der Waals surface area contributed by atoms with Crippen LogP contribution in [-0.4, -0.2) is 5.78 Å². The SMILES string of the molecule is C=C(C)CC(=O)c1cccc(F)c1Cl. The van der Waals surface area contributed by atoms with Gasteiger partial charge in [-0.1, -0.05) is 29.8 Å². The monoisotopic (exact) mass is 212 g/mol. The largest absolute Gasteiger partial charge is 0.294 e. The van der Waals surface area contributed by atoms with Gasteiger partial charge >= 0.3 is 0 Å². The molecule has 0 bridgehead atoms. The van der Waals surface area contributed by atoms with Gasteiger partial charge in [-0.05, 0) is 19.1 Å². The predicted molar refractivity (Wildman–Crippen MR) is 55.2 cm³/mol. The third-order valence-electron chi connectivity index (χ3n) is 1.71. The minimum absolute atomic E-state index is 0.112. The Morgan fingerprint density at radius 1 is 1.57 bits per heavy atom. The molecule has 0 saturated heterocycles. The van der Waals surface area contributed by atoms with Crippen LogP contribution in [0.5, 0.6) is 0 Å². The molecule has 0 aromatic heterocycles. The van der Waals surface area contributed by atoms with Crippen LogP contribution in [0.4, 0.5) is 4.39 Å². The number of rotatable bonds is 3. The summed E-state index contributed by atoms with van der Waals surface area (Å²) in [6.07, 6.45) is 0.198. The number of hydrogen-bond donors (Lipinski definition) is 0. The van der Waals surface area contributed by atoms with Gasteiger partial charge in [-0.25, -0.2) is 4.39 Å². The lowest BCUT2D eigenvalue weighted by molar-refractivity contribution is 0.0993. The minimum Gasteiger partial charge on any atom is -0.294 e. The molecular formula is C11H10ClFO. The average Bonchev–Trinajstić information content (AvgIpc) is 2.08. The number of halogens is 2. The van der Waals surface area contributed by atoms with Gasteiger partial charge in [0.25, 0.3) is 0 Å². The number of ketones is 1. The second kappa shape index (κ2) is 4.38. The second-order valence-electron chi connectivity index (χ2n) is 3.16. The molecule has 0 heterocycles. The topological polar surface area (TPSA) is 17.1 Å². The lowest BCUT2D eigenvalue weighted by atomic mass is 10.0. The number of carbonyl (C=O) groups is 1. The smallest absolute Gasteiger partial charge is 0.168 e. The first-order valence-corrected chi connectivity index (χ1v) is 4.51. The van der Waals surface area contributed by atoms with E-state index in [0.717, 1.165) is 5.57 Å². The summed E-state index contributed by atoms with van der Waals surface area (Å²) in [5.74, 6) is -0.777. The zero-order valence-corrected chi connectivity index (χ0v) is 8.57. The first kappa shape index (κ1) is 10.9. The Labute approximate surface area is 87.2 Å². The van der Waals surface area contributed by atoms with Crippen molar-refractivity contribution < 1.29 is 9.18 Å². The van der Waals surface area contributed by atoms with Gasteiger partial charge in [0.15, 0.2) is 5.78 Å². The number of hydrogen-bond acceptors (Lipinski definition) is 1. The van der Waals surface area contributed by atoms with Crippen molar-refractivity contribution in [2.75, 3.05) is 0 Å². The van der Waals surface area contributed by atoms with Gasteiger partial charge in [-0.3, -0.25) is 4.79 Å². The predicted octanol–water partition coefficient (Wildman–Crippen LogP) is 3.63. The van der Waals surface area contributed by atoms with E-state index in [4.69, 9.17) is 11.6 Å². The van der Waals surface area contributed by atoms with Crippen molar-refractivity contribution in [3.8, 4) is 0 Å². The van der Waals surface area contributed by atoms with Crippen molar-refractivity contribution in [1.82, 2.24) is 0 Å². The van der Waals surface area contributed by atoms with Crippen LogP contribution in [0.1, 0.15) is 23.7 Å². The maximum Gasteiger partial charge on any atom is 0.168 e. The van der Waals surface area contributed by atoms with E-state index in [-0.39, 0.29) is 22.8 Å². The number of allylic oxidation sites excluding steroid dienone is 1. The molecule has 0 amide bonds. The van der Waals surface area contributed by atoms with E-state index in [0.29, 0.717) is 0 Å². The Hall–Kier alpha value is -1.15. The summed E-state index contributed by atoms with van der Waals surface area (Å²) in [6, 6.07) is 4.20. The molecule has 0 N–H and O–H groups in total. The highest BCUT2D eigenvalue weighted by molar-refractivity contribution is 6.34. The quantitative estimate of drug-likeness (QED) is 0.552.